The van der Waals surface area contributed by atoms with Crippen molar-refractivity contribution in [1.82, 2.24) is 30.4 Å². The number of ether oxygens (including phenoxy) is 1. The molecule has 0 saturated carbocycles. The first-order valence-corrected chi connectivity index (χ1v) is 9.07. The molecule has 0 bridgehead atoms. The maximum Gasteiger partial charge on any atom is 0.191 e. The third-order valence-electron chi connectivity index (χ3n) is 4.21. The number of halogens is 1. The number of nitrogens with one attached hydrogen (secondary N) is 2. The standard InChI is InChI=1S/C18H27N7O.HI/c1-4-19-18(20-10-14-7-5-6-13(2)21-14)22-15-8-9-17-23-16(12-26-3)24-25(17)11-15;/h5-7,15H,4,8-12H2,1-3H3,(H2,19,20,22);1H. The van der Waals surface area contributed by atoms with E-state index in [0.29, 0.717) is 13.2 Å². The molecule has 8 nitrogen and oxygen atoms in total. The molecule has 3 rings (SSSR count). The number of aryl methyl sites for hydroxylation is 2. The highest BCUT2D eigenvalue weighted by Crippen LogP contribution is 2.13. The molecular formula is C18H28IN7O. The number of aliphatic imine (C=N–C) groups is 1. The van der Waals surface area contributed by atoms with E-state index in [9.17, 15) is 0 Å². The van der Waals surface area contributed by atoms with Crippen LogP contribution in [-0.2, 0) is 30.9 Å². The highest BCUT2D eigenvalue weighted by Gasteiger charge is 2.22. The molecule has 1 aliphatic heterocycles. The third-order valence-corrected chi connectivity index (χ3v) is 4.21. The fourth-order valence-corrected chi connectivity index (χ4v) is 3.03. The third kappa shape index (κ3) is 6.13. The van der Waals surface area contributed by atoms with Gasteiger partial charge in [-0.05, 0) is 32.4 Å². The van der Waals surface area contributed by atoms with Crippen LogP contribution in [0.3, 0.4) is 0 Å². The zero-order valence-corrected chi connectivity index (χ0v) is 18.4. The molecule has 0 radical (unpaired) electrons. The molecule has 0 aliphatic carbocycles. The Hall–Kier alpha value is -1.75. The van der Waals surface area contributed by atoms with Gasteiger partial charge in [0.2, 0.25) is 0 Å². The molecule has 2 aromatic heterocycles. The zero-order valence-electron chi connectivity index (χ0n) is 16.1. The number of guanidine groups is 1. The van der Waals surface area contributed by atoms with E-state index in [1.54, 1.807) is 7.11 Å². The van der Waals surface area contributed by atoms with Gasteiger partial charge < -0.3 is 15.4 Å². The summed E-state index contributed by atoms with van der Waals surface area (Å²) in [6, 6.07) is 6.27. The average molecular weight is 485 g/mol. The van der Waals surface area contributed by atoms with E-state index in [-0.39, 0.29) is 30.0 Å². The summed E-state index contributed by atoms with van der Waals surface area (Å²) in [7, 11) is 1.66. The van der Waals surface area contributed by atoms with Crippen molar-refractivity contribution in [3.8, 4) is 0 Å². The highest BCUT2D eigenvalue weighted by molar-refractivity contribution is 14.0. The summed E-state index contributed by atoms with van der Waals surface area (Å²) in [6.07, 6.45) is 1.89. The van der Waals surface area contributed by atoms with Crippen LogP contribution in [0.2, 0.25) is 0 Å². The highest BCUT2D eigenvalue weighted by atomic mass is 127. The average Bonchev–Trinajstić information content (AvgIpc) is 3.02. The number of pyridine rings is 1. The number of nitrogens with zero attached hydrogens (tertiary/aromatic N) is 5. The van der Waals surface area contributed by atoms with Gasteiger partial charge in [-0.15, -0.1) is 24.0 Å². The minimum atomic E-state index is 0. The number of rotatable bonds is 6. The minimum absolute atomic E-state index is 0. The summed E-state index contributed by atoms with van der Waals surface area (Å²) < 4.78 is 7.10. The lowest BCUT2D eigenvalue weighted by Crippen LogP contribution is -2.47. The molecule has 1 aliphatic rings. The molecule has 0 spiro atoms. The maximum absolute atomic E-state index is 5.12. The van der Waals surface area contributed by atoms with Crippen LogP contribution in [0.25, 0.3) is 0 Å². The molecule has 0 fully saturated rings. The number of fused-ring (bicyclic) bond motifs is 1. The van der Waals surface area contributed by atoms with E-state index >= 15 is 0 Å². The Bertz CT molecular complexity index is 762. The molecule has 2 aromatic rings. The molecule has 2 N–H and O–H groups in total. The summed E-state index contributed by atoms with van der Waals surface area (Å²) in [4.78, 5) is 13.7. The van der Waals surface area contributed by atoms with E-state index in [0.717, 1.165) is 54.9 Å². The van der Waals surface area contributed by atoms with E-state index in [1.165, 1.54) is 0 Å². The van der Waals surface area contributed by atoms with Crippen molar-refractivity contribution in [1.29, 1.82) is 0 Å². The van der Waals surface area contributed by atoms with Gasteiger partial charge in [0.05, 0.1) is 18.8 Å². The van der Waals surface area contributed by atoms with Gasteiger partial charge in [0, 0.05) is 31.8 Å². The molecule has 0 saturated heterocycles. The first-order valence-electron chi connectivity index (χ1n) is 9.07. The van der Waals surface area contributed by atoms with Gasteiger partial charge in [-0.2, -0.15) is 5.10 Å². The van der Waals surface area contributed by atoms with Crippen LogP contribution in [0.15, 0.2) is 23.2 Å². The SMILES string of the molecule is CCNC(=NCc1cccc(C)n1)NC1CCc2nc(COC)nn2C1.I. The Morgan fingerprint density at radius 1 is 1.37 bits per heavy atom. The monoisotopic (exact) mass is 485 g/mol. The fourth-order valence-electron chi connectivity index (χ4n) is 3.03. The van der Waals surface area contributed by atoms with Crippen LogP contribution >= 0.6 is 24.0 Å². The van der Waals surface area contributed by atoms with Crippen molar-refractivity contribution in [3.63, 3.8) is 0 Å². The molecule has 9 heteroatoms. The zero-order chi connectivity index (χ0) is 18.4. The van der Waals surface area contributed by atoms with Crippen LogP contribution in [0, 0.1) is 6.92 Å². The largest absolute Gasteiger partial charge is 0.377 e. The van der Waals surface area contributed by atoms with Crippen molar-refractivity contribution in [3.05, 3.63) is 41.2 Å². The molecule has 0 amide bonds. The van der Waals surface area contributed by atoms with Gasteiger partial charge in [-0.1, -0.05) is 6.07 Å². The molecule has 1 unspecified atom stereocenters. The van der Waals surface area contributed by atoms with Crippen molar-refractivity contribution in [2.75, 3.05) is 13.7 Å². The summed E-state index contributed by atoms with van der Waals surface area (Å²) in [5.74, 6) is 2.58. The Morgan fingerprint density at radius 2 is 2.22 bits per heavy atom. The summed E-state index contributed by atoms with van der Waals surface area (Å²) in [6.45, 7) is 6.65. The van der Waals surface area contributed by atoms with E-state index in [2.05, 4.69) is 37.6 Å². The smallest absolute Gasteiger partial charge is 0.191 e. The predicted octanol–water partition coefficient (Wildman–Crippen LogP) is 1.82. The van der Waals surface area contributed by atoms with Gasteiger partial charge in [-0.25, -0.2) is 14.7 Å². The van der Waals surface area contributed by atoms with Crippen LogP contribution < -0.4 is 10.6 Å². The molecule has 27 heavy (non-hydrogen) atoms. The van der Waals surface area contributed by atoms with Gasteiger partial charge in [0.25, 0.3) is 0 Å². The predicted molar refractivity (Wildman–Crippen MR) is 115 cm³/mol. The Kier molecular flexibility index (Phi) is 8.42. The van der Waals surface area contributed by atoms with Crippen LogP contribution in [0.4, 0.5) is 0 Å². The lowest BCUT2D eigenvalue weighted by Gasteiger charge is -2.25. The minimum Gasteiger partial charge on any atom is -0.377 e. The van der Waals surface area contributed by atoms with Gasteiger partial charge in [-0.3, -0.25) is 4.98 Å². The van der Waals surface area contributed by atoms with Crippen molar-refractivity contribution in [2.45, 2.75) is 52.4 Å². The lowest BCUT2D eigenvalue weighted by molar-refractivity contribution is 0.177. The number of hydrogen-bond donors (Lipinski definition) is 2. The number of aromatic nitrogens is 4. The first-order chi connectivity index (χ1) is 12.7. The maximum atomic E-state index is 5.12. The van der Waals surface area contributed by atoms with Crippen LogP contribution in [0.5, 0.6) is 0 Å². The van der Waals surface area contributed by atoms with E-state index in [4.69, 9.17) is 4.74 Å². The number of methoxy groups -OCH3 is 1. The second kappa shape index (κ2) is 10.5. The van der Waals surface area contributed by atoms with Crippen LogP contribution in [-0.4, -0.2) is 45.4 Å². The molecule has 148 valence electrons. The van der Waals surface area contributed by atoms with Crippen molar-refractivity contribution < 1.29 is 4.74 Å². The normalized spacial score (nSPS) is 16.4. The Balaban J connectivity index is 0.00000261. The second-order valence-corrected chi connectivity index (χ2v) is 6.40. The van der Waals surface area contributed by atoms with Crippen LogP contribution in [0.1, 0.15) is 36.4 Å². The Morgan fingerprint density at radius 3 is 2.96 bits per heavy atom. The van der Waals surface area contributed by atoms with Crippen molar-refractivity contribution in [2.24, 2.45) is 4.99 Å². The summed E-state index contributed by atoms with van der Waals surface area (Å²) >= 11 is 0. The van der Waals surface area contributed by atoms with E-state index in [1.807, 2.05) is 29.8 Å². The fraction of sp³-hybridized carbons (Fsp3) is 0.556. The molecule has 0 aromatic carbocycles. The lowest BCUT2D eigenvalue weighted by atomic mass is 10.1. The quantitative estimate of drug-likeness (QED) is 0.369. The summed E-state index contributed by atoms with van der Waals surface area (Å²) in [5.41, 5.74) is 1.97. The topological polar surface area (TPSA) is 89.2 Å². The first kappa shape index (κ1) is 21.5. The Labute approximate surface area is 177 Å². The molecular weight excluding hydrogens is 457 g/mol. The molecule has 3 heterocycles. The second-order valence-electron chi connectivity index (χ2n) is 6.40. The van der Waals surface area contributed by atoms with Crippen molar-refractivity contribution >= 4 is 29.9 Å². The summed E-state index contributed by atoms with van der Waals surface area (Å²) in [5, 5.41) is 11.3. The number of hydrogen-bond acceptors (Lipinski definition) is 5. The van der Waals surface area contributed by atoms with Gasteiger partial charge >= 0.3 is 0 Å². The van der Waals surface area contributed by atoms with Gasteiger partial charge in [0.15, 0.2) is 11.8 Å². The van der Waals surface area contributed by atoms with Gasteiger partial charge in [0.1, 0.15) is 12.4 Å². The van der Waals surface area contributed by atoms with E-state index < -0.39 is 0 Å². The molecule has 1 atom stereocenters.